The Labute approximate surface area is 161 Å². The quantitative estimate of drug-likeness (QED) is 0.450. The summed E-state index contributed by atoms with van der Waals surface area (Å²) in [5.41, 5.74) is 0.650. The average molecular weight is 393 g/mol. The maximum atomic E-state index is 13.2. The largest absolute Gasteiger partial charge is 0.390 e. The highest BCUT2D eigenvalue weighted by atomic mass is 19.3. The van der Waals surface area contributed by atoms with E-state index in [9.17, 15) is 13.6 Å². The van der Waals surface area contributed by atoms with Gasteiger partial charge in [0.2, 0.25) is 0 Å². The van der Waals surface area contributed by atoms with Crippen LogP contribution in [0, 0.1) is 0 Å². The summed E-state index contributed by atoms with van der Waals surface area (Å²) in [5, 5.41) is 25.1. The van der Waals surface area contributed by atoms with E-state index in [4.69, 9.17) is 5.11 Å². The molecule has 0 saturated carbocycles. The molecule has 2 amide bonds. The highest BCUT2D eigenvalue weighted by Gasteiger charge is 2.31. The zero-order valence-corrected chi connectivity index (χ0v) is 15.5. The number of aliphatic hydroxyl groups excluding tert-OH is 1. The lowest BCUT2D eigenvalue weighted by molar-refractivity contribution is -0.0514. The maximum absolute atomic E-state index is 13.2. The third kappa shape index (κ3) is 5.59. The molecule has 7 nitrogen and oxygen atoms in total. The van der Waals surface area contributed by atoms with Gasteiger partial charge in [0.05, 0.1) is 12.7 Å². The molecule has 28 heavy (non-hydrogen) atoms. The number of amides is 2. The van der Waals surface area contributed by atoms with E-state index in [2.05, 4.69) is 26.6 Å². The molecule has 3 rings (SSSR count). The van der Waals surface area contributed by atoms with Gasteiger partial charge >= 0.3 is 6.03 Å². The molecule has 1 aliphatic heterocycles. The second kappa shape index (κ2) is 8.78. The van der Waals surface area contributed by atoms with Gasteiger partial charge in [-0.2, -0.15) is 0 Å². The molecule has 1 fully saturated rings. The number of hydrogen-bond donors (Lipinski definition) is 6. The summed E-state index contributed by atoms with van der Waals surface area (Å²) in [6, 6.07) is 13.0. The first-order chi connectivity index (χ1) is 13.3. The minimum Gasteiger partial charge on any atom is -0.390 e. The Bertz CT molecular complexity index is 820. The zero-order chi connectivity index (χ0) is 20.1. The molecule has 1 saturated heterocycles. The van der Waals surface area contributed by atoms with E-state index in [0.29, 0.717) is 12.1 Å². The van der Waals surface area contributed by atoms with Crippen molar-refractivity contribution in [2.45, 2.75) is 37.8 Å². The van der Waals surface area contributed by atoms with Crippen molar-refractivity contribution in [3.63, 3.8) is 0 Å². The van der Waals surface area contributed by atoms with Gasteiger partial charge in [-0.1, -0.05) is 30.3 Å². The molecule has 1 heterocycles. The summed E-state index contributed by atoms with van der Waals surface area (Å²) in [7, 11) is 0. The average Bonchev–Trinajstić information content (AvgIpc) is 2.66. The fraction of sp³-hybridized carbons (Fsp3) is 0.421. The summed E-state index contributed by atoms with van der Waals surface area (Å²) >= 11 is 0. The van der Waals surface area contributed by atoms with E-state index in [1.807, 2.05) is 49.4 Å². The molecule has 2 aromatic rings. The molecule has 2 aromatic carbocycles. The second-order valence-electron chi connectivity index (χ2n) is 7.01. The topological polar surface area (TPSA) is 97.5 Å². The number of rotatable bonds is 6. The third-order valence-corrected chi connectivity index (χ3v) is 4.53. The number of urea groups is 1. The number of alkyl halides is 2. The Morgan fingerprint density at radius 1 is 1.21 bits per heavy atom. The molecule has 9 heteroatoms. The highest BCUT2D eigenvalue weighted by molar-refractivity contribution is 5.93. The number of benzene rings is 2. The van der Waals surface area contributed by atoms with E-state index in [0.717, 1.165) is 10.8 Å². The van der Waals surface area contributed by atoms with Crippen LogP contribution >= 0.6 is 0 Å². The molecule has 1 aliphatic rings. The van der Waals surface area contributed by atoms with E-state index in [-0.39, 0.29) is 6.04 Å². The fourth-order valence-electron chi connectivity index (χ4n) is 3.14. The van der Waals surface area contributed by atoms with Crippen molar-refractivity contribution in [2.24, 2.45) is 0 Å². The van der Waals surface area contributed by atoms with Crippen molar-refractivity contribution in [3.8, 4) is 0 Å². The number of fused-ring (bicyclic) bond motifs is 1. The highest BCUT2D eigenvalue weighted by Crippen LogP contribution is 2.18. The number of carbonyl (C=O) groups is 1. The van der Waals surface area contributed by atoms with Gasteiger partial charge in [0, 0.05) is 11.7 Å². The van der Waals surface area contributed by atoms with Crippen LogP contribution in [-0.2, 0) is 0 Å². The summed E-state index contributed by atoms with van der Waals surface area (Å²) in [6.45, 7) is 0.0376. The lowest BCUT2D eigenvalue weighted by Gasteiger charge is -2.37. The molecule has 6 N–H and O–H groups in total. The Morgan fingerprint density at radius 2 is 1.96 bits per heavy atom. The molecule has 3 unspecified atom stereocenters. The zero-order valence-electron chi connectivity index (χ0n) is 15.5. The first kappa shape index (κ1) is 20.4. The van der Waals surface area contributed by atoms with Gasteiger partial charge in [-0.05, 0) is 36.2 Å². The minimum absolute atomic E-state index is 0.00697. The van der Waals surface area contributed by atoms with E-state index in [1.165, 1.54) is 0 Å². The molecular weight excluding hydrogens is 368 g/mol. The van der Waals surface area contributed by atoms with E-state index < -0.39 is 37.6 Å². The van der Waals surface area contributed by atoms with Gasteiger partial charge in [0.1, 0.15) is 12.9 Å². The first-order valence-corrected chi connectivity index (χ1v) is 9.15. The molecule has 0 radical (unpaired) electrons. The second-order valence-corrected chi connectivity index (χ2v) is 7.01. The smallest absolute Gasteiger partial charge is 0.321 e. The molecule has 0 aromatic heterocycles. The van der Waals surface area contributed by atoms with Gasteiger partial charge in [-0.15, -0.1) is 0 Å². The van der Waals surface area contributed by atoms with Gasteiger partial charge < -0.3 is 15.7 Å². The Morgan fingerprint density at radius 3 is 2.71 bits per heavy atom. The maximum Gasteiger partial charge on any atom is 0.321 e. The predicted molar refractivity (Wildman–Crippen MR) is 104 cm³/mol. The van der Waals surface area contributed by atoms with Gasteiger partial charge in [-0.3, -0.25) is 16.0 Å². The van der Waals surface area contributed by atoms with Crippen molar-refractivity contribution in [2.75, 3.05) is 18.5 Å². The number of anilines is 1. The molecule has 0 aliphatic carbocycles. The number of nitrogens with one attached hydrogen (secondary N) is 5. The van der Waals surface area contributed by atoms with Gasteiger partial charge in [0.25, 0.3) is 5.92 Å². The SMILES string of the molecule is CC1CC(NCC(F)(F)CO)NC(NC(=O)Nc2ccc3ccccc3c2)N1. The van der Waals surface area contributed by atoms with E-state index >= 15 is 0 Å². The summed E-state index contributed by atoms with van der Waals surface area (Å²) in [6.07, 6.45) is -0.476. The van der Waals surface area contributed by atoms with Crippen LogP contribution in [0.1, 0.15) is 13.3 Å². The molecule has 152 valence electrons. The van der Waals surface area contributed by atoms with E-state index in [1.54, 1.807) is 0 Å². The van der Waals surface area contributed by atoms with Crippen LogP contribution in [0.5, 0.6) is 0 Å². The lowest BCUT2D eigenvalue weighted by atomic mass is 10.1. The molecule has 0 spiro atoms. The number of aliphatic hydroxyl groups is 1. The third-order valence-electron chi connectivity index (χ3n) is 4.53. The summed E-state index contributed by atoms with van der Waals surface area (Å²) < 4.78 is 26.5. The first-order valence-electron chi connectivity index (χ1n) is 9.15. The van der Waals surface area contributed by atoms with Crippen LogP contribution in [0.4, 0.5) is 19.3 Å². The van der Waals surface area contributed by atoms with Crippen molar-refractivity contribution in [1.82, 2.24) is 21.3 Å². The van der Waals surface area contributed by atoms with Crippen molar-refractivity contribution < 1.29 is 18.7 Å². The van der Waals surface area contributed by atoms with Crippen LogP contribution in [0.15, 0.2) is 42.5 Å². The molecule has 3 atom stereocenters. The number of hydrogen-bond acceptors (Lipinski definition) is 5. The minimum atomic E-state index is -3.19. The van der Waals surface area contributed by atoms with Gasteiger partial charge in [-0.25, -0.2) is 13.6 Å². The monoisotopic (exact) mass is 393 g/mol. The normalized spacial score (nSPS) is 22.8. The van der Waals surface area contributed by atoms with Crippen LogP contribution in [-0.4, -0.2) is 48.7 Å². The molecular formula is C19H25F2N5O2. The summed E-state index contributed by atoms with van der Waals surface area (Å²) in [5.74, 6) is -3.19. The summed E-state index contributed by atoms with van der Waals surface area (Å²) in [4.78, 5) is 12.3. The predicted octanol–water partition coefficient (Wildman–Crippen LogP) is 1.76. The van der Waals surface area contributed by atoms with Crippen molar-refractivity contribution >= 4 is 22.5 Å². The fourth-order valence-corrected chi connectivity index (χ4v) is 3.14. The van der Waals surface area contributed by atoms with Gasteiger partial charge in [0.15, 0.2) is 0 Å². The van der Waals surface area contributed by atoms with Crippen LogP contribution < -0.4 is 26.6 Å². The number of carbonyl (C=O) groups excluding carboxylic acids is 1. The Hall–Kier alpha value is -2.33. The van der Waals surface area contributed by atoms with Crippen LogP contribution in [0.2, 0.25) is 0 Å². The molecule has 0 bridgehead atoms. The lowest BCUT2D eigenvalue weighted by Crippen LogP contribution is -2.68. The Balaban J connectivity index is 1.54. The Kier molecular flexibility index (Phi) is 6.40. The van der Waals surface area contributed by atoms with Crippen molar-refractivity contribution in [1.29, 1.82) is 0 Å². The van der Waals surface area contributed by atoms with Crippen LogP contribution in [0.25, 0.3) is 10.8 Å². The standard InChI is InChI=1S/C19H25F2N5O2/c1-12-8-16(22-10-19(20,21)11-27)25-17(23-12)26-18(28)24-15-7-6-13-4-2-3-5-14(13)9-15/h2-7,9,12,16-17,22-23,25,27H,8,10-11H2,1H3,(H2,24,26,28). The van der Waals surface area contributed by atoms with Crippen LogP contribution in [0.3, 0.4) is 0 Å². The van der Waals surface area contributed by atoms with Crippen molar-refractivity contribution in [3.05, 3.63) is 42.5 Å². The number of halogens is 2.